The smallest absolute Gasteiger partial charge is 0.287 e. The second-order valence-corrected chi connectivity index (χ2v) is 8.83. The maximum absolute atomic E-state index is 12.6. The van der Waals surface area contributed by atoms with Crippen molar-refractivity contribution in [3.8, 4) is 11.5 Å². The van der Waals surface area contributed by atoms with E-state index in [9.17, 15) is 18.6 Å². The summed E-state index contributed by atoms with van der Waals surface area (Å²) in [6.45, 7) is 0.433. The lowest BCUT2D eigenvalue weighted by Crippen LogP contribution is -2.40. The van der Waals surface area contributed by atoms with E-state index in [1.165, 1.54) is 31.0 Å². The zero-order valence-electron chi connectivity index (χ0n) is 14.7. The maximum atomic E-state index is 12.6. The number of thioether (sulfide) groups is 1. The highest BCUT2D eigenvalue weighted by Crippen LogP contribution is 2.45. The average molecular weight is 396 g/mol. The van der Waals surface area contributed by atoms with Crippen LogP contribution in [0.4, 0.5) is 0 Å². The van der Waals surface area contributed by atoms with Crippen molar-refractivity contribution in [3.05, 3.63) is 53.1 Å². The Bertz CT molecular complexity index is 929. The number of fused-ring (bicyclic) bond motifs is 1. The van der Waals surface area contributed by atoms with E-state index in [2.05, 4.69) is 0 Å². The van der Waals surface area contributed by atoms with Gasteiger partial charge in [-0.15, -0.1) is 11.8 Å². The van der Waals surface area contributed by atoms with Crippen LogP contribution in [0, 0.1) is 0 Å². The Balaban J connectivity index is 2.23. The first-order valence-corrected chi connectivity index (χ1v) is 10.7. The zero-order chi connectivity index (χ0) is 19.1. The molecule has 0 spiro atoms. The van der Waals surface area contributed by atoms with Crippen molar-refractivity contribution in [2.24, 2.45) is 0 Å². The van der Waals surface area contributed by atoms with Crippen LogP contribution in [0.5, 0.6) is 11.5 Å². The van der Waals surface area contributed by atoms with Crippen molar-refractivity contribution in [3.63, 3.8) is 0 Å². The Hall–Kier alpha value is -1.74. The quantitative estimate of drug-likeness (QED) is 0.468. The second-order valence-electron chi connectivity index (χ2n) is 6.22. The van der Waals surface area contributed by atoms with Crippen molar-refractivity contribution in [1.29, 1.82) is 0 Å². The first-order valence-electron chi connectivity index (χ1n) is 7.98. The number of nitrogens with zero attached hydrogens (tertiary/aromatic N) is 1. The van der Waals surface area contributed by atoms with E-state index >= 15 is 0 Å². The fraction of sp³-hybridized carbons (Fsp3) is 0.333. The Morgan fingerprint density at radius 3 is 2.54 bits per heavy atom. The first-order chi connectivity index (χ1) is 12.3. The molecule has 2 aromatic rings. The van der Waals surface area contributed by atoms with Gasteiger partial charge in [-0.25, -0.2) is 0 Å². The van der Waals surface area contributed by atoms with Crippen LogP contribution >= 0.6 is 11.8 Å². The molecule has 0 saturated heterocycles. The van der Waals surface area contributed by atoms with E-state index in [-0.39, 0.29) is 17.4 Å². The van der Waals surface area contributed by atoms with Crippen LogP contribution in [-0.2, 0) is 14.3 Å². The van der Waals surface area contributed by atoms with Crippen LogP contribution in [0.3, 0.4) is 0 Å². The molecule has 0 radical (unpaired) electrons. The normalized spacial score (nSPS) is 20.7. The van der Waals surface area contributed by atoms with Gasteiger partial charge in [0.2, 0.25) is 0 Å². The van der Waals surface area contributed by atoms with Gasteiger partial charge in [-0.2, -0.15) is 8.42 Å². The molecular formula is C18H21NO5S2. The van der Waals surface area contributed by atoms with Crippen molar-refractivity contribution in [1.82, 2.24) is 4.90 Å². The van der Waals surface area contributed by atoms with Crippen LogP contribution in [0.15, 0.2) is 41.3 Å². The molecule has 1 aliphatic heterocycles. The summed E-state index contributed by atoms with van der Waals surface area (Å²) in [5.41, 5.74) is 2.39. The summed E-state index contributed by atoms with van der Waals surface area (Å²) >= 11 is 1.48. The minimum Gasteiger partial charge on any atom is -0.504 e. The third-order valence-corrected chi connectivity index (χ3v) is 7.12. The molecular weight excluding hydrogens is 374 g/mol. The number of benzene rings is 2. The lowest BCUT2D eigenvalue weighted by molar-refractivity contribution is 0.250. The molecule has 0 aromatic heterocycles. The van der Waals surface area contributed by atoms with Gasteiger partial charge in [-0.3, -0.25) is 9.08 Å². The molecule has 6 nitrogen and oxygen atoms in total. The third kappa shape index (κ3) is 3.18. The summed E-state index contributed by atoms with van der Waals surface area (Å²) in [4.78, 5) is 2.61. The Labute approximate surface area is 157 Å². The van der Waals surface area contributed by atoms with Crippen LogP contribution in [0.2, 0.25) is 0 Å². The summed E-state index contributed by atoms with van der Waals surface area (Å²) in [5.74, 6) is -0.521. The number of phenolic OH excluding ortho intramolecular Hbond substituents is 2. The van der Waals surface area contributed by atoms with Gasteiger partial charge >= 0.3 is 0 Å². The topological polar surface area (TPSA) is 87.1 Å². The largest absolute Gasteiger partial charge is 0.504 e. The van der Waals surface area contributed by atoms with E-state index < -0.39 is 15.5 Å². The monoisotopic (exact) mass is 395 g/mol. The molecule has 26 heavy (non-hydrogen) atoms. The van der Waals surface area contributed by atoms with Crippen LogP contribution in [0.25, 0.3) is 0 Å². The van der Waals surface area contributed by atoms with Crippen molar-refractivity contribution in [2.45, 2.75) is 16.2 Å². The van der Waals surface area contributed by atoms with Gasteiger partial charge < -0.3 is 10.2 Å². The minimum absolute atomic E-state index is 0.142. The Kier molecular flexibility index (Phi) is 5.21. The van der Waals surface area contributed by atoms with Crippen LogP contribution in [0.1, 0.15) is 28.0 Å². The van der Waals surface area contributed by atoms with Gasteiger partial charge in [0.25, 0.3) is 10.1 Å². The van der Waals surface area contributed by atoms with Gasteiger partial charge in [0.1, 0.15) is 0 Å². The molecule has 2 atom stereocenters. The molecule has 0 saturated carbocycles. The number of rotatable bonds is 4. The molecule has 8 heteroatoms. The molecule has 1 aliphatic rings. The number of likely N-dealkylation sites (N-methyl/N-ethyl adjacent to an activating group) is 1. The van der Waals surface area contributed by atoms with Crippen molar-refractivity contribution >= 4 is 21.9 Å². The molecule has 0 aliphatic carbocycles. The van der Waals surface area contributed by atoms with Crippen molar-refractivity contribution < 1.29 is 22.8 Å². The summed E-state index contributed by atoms with van der Waals surface area (Å²) in [7, 11) is -0.894. The Morgan fingerprint density at radius 2 is 1.92 bits per heavy atom. The molecule has 2 N–H and O–H groups in total. The van der Waals surface area contributed by atoms with E-state index in [0.717, 1.165) is 16.0 Å². The van der Waals surface area contributed by atoms with Gasteiger partial charge in [0, 0.05) is 22.9 Å². The van der Waals surface area contributed by atoms with E-state index in [4.69, 9.17) is 4.18 Å². The standard InChI is InChI=1S/C18H21NO5S2/c1-19-10-13(11-7-8-14(20)15(21)9-11)12-5-4-6-16(25-3)17(12)18(19)26(22,23)24-2/h4-9,13,18,20-21H,10H2,1-3H3. The van der Waals surface area contributed by atoms with Gasteiger partial charge in [-0.05, 0) is 42.6 Å². The third-order valence-electron chi connectivity index (χ3n) is 4.72. The highest BCUT2D eigenvalue weighted by molar-refractivity contribution is 7.98. The van der Waals surface area contributed by atoms with E-state index in [0.29, 0.717) is 12.1 Å². The molecule has 140 valence electrons. The highest BCUT2D eigenvalue weighted by atomic mass is 32.2. The fourth-order valence-corrected chi connectivity index (χ4v) is 5.51. The zero-order valence-corrected chi connectivity index (χ0v) is 16.3. The number of phenols is 2. The van der Waals surface area contributed by atoms with Crippen molar-refractivity contribution in [2.75, 3.05) is 27.0 Å². The predicted octanol–water partition coefficient (Wildman–Crippen LogP) is 2.87. The second kappa shape index (κ2) is 7.11. The number of hydrogen-bond donors (Lipinski definition) is 2. The van der Waals surface area contributed by atoms with Gasteiger partial charge in [-0.1, -0.05) is 18.2 Å². The molecule has 0 bridgehead atoms. The average Bonchev–Trinajstić information content (AvgIpc) is 2.62. The highest BCUT2D eigenvalue weighted by Gasteiger charge is 2.41. The molecule has 3 rings (SSSR count). The molecule has 2 aromatic carbocycles. The predicted molar refractivity (Wildman–Crippen MR) is 101 cm³/mol. The lowest BCUT2D eigenvalue weighted by Gasteiger charge is -2.39. The number of aromatic hydroxyl groups is 2. The SMILES string of the molecule is COS(=O)(=O)C1c2c(SC)cccc2C(c2ccc(O)c(O)c2)CN1C. The lowest BCUT2D eigenvalue weighted by atomic mass is 9.84. The summed E-state index contributed by atoms with van der Waals surface area (Å²) in [5, 5.41) is 18.6. The number of hydrogen-bond acceptors (Lipinski definition) is 7. The minimum atomic E-state index is -3.81. The molecule has 0 fully saturated rings. The van der Waals surface area contributed by atoms with Gasteiger partial charge in [0.05, 0.1) is 7.11 Å². The molecule has 0 amide bonds. The summed E-state index contributed by atoms with van der Waals surface area (Å²) in [6.07, 6.45) is 1.90. The molecule has 2 unspecified atom stereocenters. The van der Waals surface area contributed by atoms with Gasteiger partial charge in [0.15, 0.2) is 16.9 Å². The van der Waals surface area contributed by atoms with E-state index in [1.54, 1.807) is 18.0 Å². The first kappa shape index (κ1) is 19.0. The maximum Gasteiger partial charge on any atom is 0.287 e. The Morgan fingerprint density at radius 1 is 1.19 bits per heavy atom. The van der Waals surface area contributed by atoms with E-state index in [1.807, 2.05) is 24.5 Å². The van der Waals surface area contributed by atoms with Crippen LogP contribution in [-0.4, -0.2) is 50.5 Å². The fourth-order valence-electron chi connectivity index (χ4n) is 3.51. The summed E-state index contributed by atoms with van der Waals surface area (Å²) in [6, 6.07) is 10.4. The molecule has 1 heterocycles. The summed E-state index contributed by atoms with van der Waals surface area (Å²) < 4.78 is 30.0. The van der Waals surface area contributed by atoms with Crippen LogP contribution < -0.4 is 0 Å².